The predicted octanol–water partition coefficient (Wildman–Crippen LogP) is 1.61. The van der Waals surface area contributed by atoms with Gasteiger partial charge < -0.3 is 0 Å². The Balaban J connectivity index is 0.000000963. The molecule has 3 rings (SSSR count). The molecule has 0 aromatic heterocycles. The average molecular weight is 229 g/mol. The smallest absolute Gasteiger partial charge is 0.0991 e. The normalized spacial score (nSPS) is 15.2. The first kappa shape index (κ1) is 10.7. The van der Waals surface area contributed by atoms with Crippen LogP contribution in [0.25, 0.3) is 5.57 Å². The Kier molecular flexibility index (Phi) is 2.64. The first-order chi connectivity index (χ1) is 7.38. The summed E-state index contributed by atoms with van der Waals surface area (Å²) >= 11 is 0. The zero-order valence-electron chi connectivity index (χ0n) is 8.47. The van der Waals surface area contributed by atoms with Crippen molar-refractivity contribution in [3.63, 3.8) is 0 Å². The first-order valence-electron chi connectivity index (χ1n) is 4.88. The van der Waals surface area contributed by atoms with Crippen LogP contribution in [0.1, 0.15) is 12.0 Å². The Hall–Kier alpha value is -1.85. The van der Waals surface area contributed by atoms with Crippen molar-refractivity contribution >= 4 is 18.0 Å². The van der Waals surface area contributed by atoms with E-state index < -0.39 is 0 Å². The summed E-state index contributed by atoms with van der Waals surface area (Å²) in [6.07, 6.45) is 7.07. The van der Waals surface area contributed by atoms with Crippen molar-refractivity contribution in [2.24, 2.45) is 4.99 Å². The van der Waals surface area contributed by atoms with Crippen molar-refractivity contribution in [2.75, 3.05) is 0 Å². The van der Waals surface area contributed by atoms with E-state index in [1.807, 2.05) is 30.4 Å². The Morgan fingerprint density at radius 1 is 1.31 bits per heavy atom. The third-order valence-electron chi connectivity index (χ3n) is 2.71. The average Bonchev–Trinajstić information content (AvgIpc) is 2.66. The molecular formula is C13H9ClN2. The van der Waals surface area contributed by atoms with E-state index in [0.29, 0.717) is 5.56 Å². The summed E-state index contributed by atoms with van der Waals surface area (Å²) < 4.78 is 0. The summed E-state index contributed by atoms with van der Waals surface area (Å²) in [6.45, 7) is 0. The fourth-order valence-electron chi connectivity index (χ4n) is 1.98. The molecule has 2 aliphatic rings. The SMILES string of the molecule is Cl.N#Cc1ccc2c(c1)=C1CC=CC=C1N=2. The molecule has 2 nitrogen and oxygen atoms in total. The molecule has 0 radical (unpaired) electrons. The molecule has 1 aliphatic carbocycles. The molecule has 1 heterocycles. The van der Waals surface area contributed by atoms with Gasteiger partial charge in [0.2, 0.25) is 0 Å². The summed E-state index contributed by atoms with van der Waals surface area (Å²) in [6, 6.07) is 7.81. The number of nitrogens with zero attached hydrogens (tertiary/aromatic N) is 2. The second kappa shape index (κ2) is 3.96. The number of benzene rings is 1. The van der Waals surface area contributed by atoms with Crippen LogP contribution in [-0.2, 0) is 0 Å². The van der Waals surface area contributed by atoms with Gasteiger partial charge in [0.15, 0.2) is 0 Å². The molecule has 3 heteroatoms. The third-order valence-corrected chi connectivity index (χ3v) is 2.71. The van der Waals surface area contributed by atoms with E-state index in [0.717, 1.165) is 22.7 Å². The second-order valence-electron chi connectivity index (χ2n) is 3.62. The maximum atomic E-state index is 8.85. The van der Waals surface area contributed by atoms with Gasteiger partial charge in [0, 0.05) is 5.22 Å². The highest BCUT2D eigenvalue weighted by Gasteiger charge is 2.13. The van der Waals surface area contributed by atoms with E-state index in [1.165, 1.54) is 5.57 Å². The maximum absolute atomic E-state index is 8.85. The minimum absolute atomic E-state index is 0. The molecular weight excluding hydrogens is 220 g/mol. The van der Waals surface area contributed by atoms with E-state index in [1.54, 1.807) is 0 Å². The highest BCUT2D eigenvalue weighted by Crippen LogP contribution is 2.21. The Labute approximate surface area is 99.3 Å². The van der Waals surface area contributed by atoms with Gasteiger partial charge in [-0.2, -0.15) is 5.26 Å². The molecule has 0 atom stereocenters. The van der Waals surface area contributed by atoms with Crippen LogP contribution in [0.3, 0.4) is 0 Å². The van der Waals surface area contributed by atoms with Crippen LogP contribution in [-0.4, -0.2) is 0 Å². The zero-order chi connectivity index (χ0) is 10.3. The molecule has 1 aromatic carbocycles. The molecule has 1 aliphatic heterocycles. The number of rotatable bonds is 0. The quantitative estimate of drug-likeness (QED) is 0.665. The van der Waals surface area contributed by atoms with Crippen LogP contribution in [0, 0.1) is 11.3 Å². The van der Waals surface area contributed by atoms with Gasteiger partial charge in [-0.3, -0.25) is 0 Å². The van der Waals surface area contributed by atoms with Gasteiger partial charge in [-0.1, -0.05) is 12.2 Å². The van der Waals surface area contributed by atoms with Crippen molar-refractivity contribution in [1.82, 2.24) is 0 Å². The summed E-state index contributed by atoms with van der Waals surface area (Å²) in [7, 11) is 0. The van der Waals surface area contributed by atoms with Crippen LogP contribution < -0.4 is 10.6 Å². The highest BCUT2D eigenvalue weighted by atomic mass is 35.5. The lowest BCUT2D eigenvalue weighted by atomic mass is 10.0. The lowest BCUT2D eigenvalue weighted by Gasteiger charge is -2.03. The molecule has 1 aromatic rings. The lowest BCUT2D eigenvalue weighted by molar-refractivity contribution is 1.27. The van der Waals surface area contributed by atoms with Crippen molar-refractivity contribution in [2.45, 2.75) is 6.42 Å². The topological polar surface area (TPSA) is 36.1 Å². The van der Waals surface area contributed by atoms with E-state index in [4.69, 9.17) is 5.26 Å². The number of allylic oxidation sites excluding steroid dienone is 4. The Morgan fingerprint density at radius 2 is 2.19 bits per heavy atom. The van der Waals surface area contributed by atoms with Gasteiger partial charge in [0.1, 0.15) is 0 Å². The van der Waals surface area contributed by atoms with Crippen molar-refractivity contribution < 1.29 is 0 Å². The standard InChI is InChI=1S/C13H8N2.ClH/c14-8-9-5-6-13-11(7-9)10-3-1-2-4-12(10)15-13;/h1-2,4-7H,3H2;1H. The van der Waals surface area contributed by atoms with Crippen molar-refractivity contribution in [3.8, 4) is 6.07 Å². The molecule has 0 N–H and O–H groups in total. The summed E-state index contributed by atoms with van der Waals surface area (Å²) in [5.41, 5.74) is 2.99. The van der Waals surface area contributed by atoms with Crippen LogP contribution in [0.5, 0.6) is 0 Å². The third kappa shape index (κ3) is 1.46. The molecule has 0 unspecified atom stereocenters. The molecule has 0 fully saturated rings. The minimum atomic E-state index is 0. The number of hydrogen-bond donors (Lipinski definition) is 0. The zero-order valence-corrected chi connectivity index (χ0v) is 9.29. The summed E-state index contributed by atoms with van der Waals surface area (Å²) in [5, 5.41) is 10.9. The number of hydrogen-bond acceptors (Lipinski definition) is 2. The highest BCUT2D eigenvalue weighted by molar-refractivity contribution is 5.85. The van der Waals surface area contributed by atoms with Crippen LogP contribution in [0.4, 0.5) is 0 Å². The van der Waals surface area contributed by atoms with Gasteiger partial charge in [0.25, 0.3) is 0 Å². The molecule has 16 heavy (non-hydrogen) atoms. The van der Waals surface area contributed by atoms with E-state index >= 15 is 0 Å². The fourth-order valence-corrected chi connectivity index (χ4v) is 1.98. The van der Waals surface area contributed by atoms with Crippen LogP contribution in [0.2, 0.25) is 0 Å². The minimum Gasteiger partial charge on any atom is -0.248 e. The fraction of sp³-hybridized carbons (Fsp3) is 0.0769. The van der Waals surface area contributed by atoms with Crippen molar-refractivity contribution in [3.05, 3.63) is 58.3 Å². The molecule has 78 valence electrons. The van der Waals surface area contributed by atoms with Gasteiger partial charge >= 0.3 is 0 Å². The molecule has 0 saturated carbocycles. The number of fused-ring (bicyclic) bond motifs is 2. The monoisotopic (exact) mass is 228 g/mol. The molecule has 0 spiro atoms. The molecule has 0 bridgehead atoms. The molecule has 0 saturated heterocycles. The van der Waals surface area contributed by atoms with Crippen LogP contribution in [0.15, 0.2) is 47.1 Å². The van der Waals surface area contributed by atoms with E-state index in [-0.39, 0.29) is 12.4 Å². The first-order valence-corrected chi connectivity index (χ1v) is 4.88. The van der Waals surface area contributed by atoms with Gasteiger partial charge in [-0.05, 0) is 36.3 Å². The maximum Gasteiger partial charge on any atom is 0.0991 e. The van der Waals surface area contributed by atoms with Gasteiger partial charge in [0.05, 0.1) is 22.7 Å². The van der Waals surface area contributed by atoms with Gasteiger partial charge in [-0.25, -0.2) is 4.99 Å². The molecule has 0 amide bonds. The van der Waals surface area contributed by atoms with E-state index in [2.05, 4.69) is 17.1 Å². The van der Waals surface area contributed by atoms with Gasteiger partial charge in [-0.15, -0.1) is 12.4 Å². The number of nitriles is 1. The summed E-state index contributed by atoms with van der Waals surface area (Å²) in [5.74, 6) is 0. The Morgan fingerprint density at radius 3 is 3.00 bits per heavy atom. The Bertz CT molecular complexity index is 660. The van der Waals surface area contributed by atoms with E-state index in [9.17, 15) is 0 Å². The second-order valence-corrected chi connectivity index (χ2v) is 3.62. The summed E-state index contributed by atoms with van der Waals surface area (Å²) in [4.78, 5) is 4.51. The largest absolute Gasteiger partial charge is 0.248 e. The lowest BCUT2D eigenvalue weighted by Crippen LogP contribution is -2.23. The predicted molar refractivity (Wildman–Crippen MR) is 64.4 cm³/mol. The number of halogens is 1. The van der Waals surface area contributed by atoms with Crippen molar-refractivity contribution in [1.29, 1.82) is 5.26 Å². The van der Waals surface area contributed by atoms with Crippen LogP contribution >= 0.6 is 12.4 Å².